The molecule has 1 aromatic carbocycles. The van der Waals surface area contributed by atoms with E-state index in [2.05, 4.69) is 5.32 Å². The van der Waals surface area contributed by atoms with Gasteiger partial charge in [0.2, 0.25) is 15.9 Å². The van der Waals surface area contributed by atoms with Crippen LogP contribution in [0.25, 0.3) is 0 Å². The Morgan fingerprint density at radius 3 is 2.65 bits per heavy atom. The highest BCUT2D eigenvalue weighted by atomic mass is 32.2. The fraction of sp³-hybridized carbons (Fsp3) is 0.611. The van der Waals surface area contributed by atoms with Crippen LogP contribution >= 0.6 is 0 Å². The standard InChI is InChI=1S/C18H29N3O4S/c1-5-21(6-2)26(23,24)17-11-16(8-7-14(17)3)19-18(22)13-20-9-10-25-15(4)12-20/h7-8,11,15H,5-6,9-10,12-13H2,1-4H3,(H,19,22). The molecule has 0 radical (unpaired) electrons. The zero-order valence-electron chi connectivity index (χ0n) is 16.0. The Balaban J connectivity index is 2.12. The van der Waals surface area contributed by atoms with E-state index in [0.29, 0.717) is 44.0 Å². The van der Waals surface area contributed by atoms with Crippen LogP contribution in [0.15, 0.2) is 23.1 Å². The average Bonchev–Trinajstić information content (AvgIpc) is 2.57. The number of amides is 1. The monoisotopic (exact) mass is 383 g/mol. The van der Waals surface area contributed by atoms with E-state index in [1.807, 2.05) is 25.7 Å². The molecule has 0 saturated carbocycles. The molecule has 8 heteroatoms. The summed E-state index contributed by atoms with van der Waals surface area (Å²) in [4.78, 5) is 14.6. The number of nitrogens with one attached hydrogen (secondary N) is 1. The van der Waals surface area contributed by atoms with Gasteiger partial charge in [-0.3, -0.25) is 9.69 Å². The molecule has 26 heavy (non-hydrogen) atoms. The van der Waals surface area contributed by atoms with E-state index >= 15 is 0 Å². The Labute approximate surface area is 156 Å². The van der Waals surface area contributed by atoms with Gasteiger partial charge in [-0.25, -0.2) is 8.42 Å². The zero-order valence-corrected chi connectivity index (χ0v) is 16.8. The van der Waals surface area contributed by atoms with Crippen LogP contribution in [0.2, 0.25) is 0 Å². The van der Waals surface area contributed by atoms with E-state index in [1.54, 1.807) is 25.1 Å². The van der Waals surface area contributed by atoms with Crippen LogP contribution in [-0.2, 0) is 19.6 Å². The van der Waals surface area contributed by atoms with Gasteiger partial charge in [0.25, 0.3) is 0 Å². The molecule has 0 aliphatic carbocycles. The molecule has 1 aliphatic heterocycles. The molecule has 1 saturated heterocycles. The van der Waals surface area contributed by atoms with Gasteiger partial charge in [0.05, 0.1) is 24.2 Å². The second-order valence-electron chi connectivity index (χ2n) is 6.53. The van der Waals surface area contributed by atoms with Gasteiger partial charge in [0.15, 0.2) is 0 Å². The molecular formula is C18H29N3O4S. The molecule has 0 bridgehead atoms. The third-order valence-electron chi connectivity index (χ3n) is 4.49. The average molecular weight is 384 g/mol. The van der Waals surface area contributed by atoms with E-state index in [4.69, 9.17) is 4.74 Å². The van der Waals surface area contributed by atoms with Crippen molar-refractivity contribution in [3.63, 3.8) is 0 Å². The van der Waals surface area contributed by atoms with Crippen LogP contribution in [-0.4, -0.2) is 69.0 Å². The molecule has 1 fully saturated rings. The third kappa shape index (κ3) is 5.03. The number of rotatable bonds is 7. The number of hydrogen-bond donors (Lipinski definition) is 1. The summed E-state index contributed by atoms with van der Waals surface area (Å²) in [6.45, 7) is 10.5. The second-order valence-corrected chi connectivity index (χ2v) is 8.44. The van der Waals surface area contributed by atoms with Crippen molar-refractivity contribution in [1.29, 1.82) is 0 Å². The van der Waals surface area contributed by atoms with Gasteiger partial charge >= 0.3 is 0 Å². The minimum absolute atomic E-state index is 0.113. The van der Waals surface area contributed by atoms with E-state index in [1.165, 1.54) is 4.31 Å². The number of morpholine rings is 1. The van der Waals surface area contributed by atoms with E-state index in [0.717, 1.165) is 0 Å². The van der Waals surface area contributed by atoms with Crippen molar-refractivity contribution < 1.29 is 17.9 Å². The summed E-state index contributed by atoms with van der Waals surface area (Å²) in [5.41, 5.74) is 1.16. The SMILES string of the molecule is CCN(CC)S(=O)(=O)c1cc(NC(=O)CN2CCOC(C)C2)ccc1C. The molecule has 1 aromatic rings. The number of benzene rings is 1. The van der Waals surface area contributed by atoms with Crippen LogP contribution < -0.4 is 5.32 Å². The van der Waals surface area contributed by atoms with Crippen molar-refractivity contribution in [1.82, 2.24) is 9.21 Å². The van der Waals surface area contributed by atoms with Gasteiger partial charge in [-0.15, -0.1) is 0 Å². The molecule has 1 amide bonds. The van der Waals surface area contributed by atoms with Crippen LogP contribution in [0.1, 0.15) is 26.3 Å². The topological polar surface area (TPSA) is 79.0 Å². The first kappa shape index (κ1) is 20.8. The Morgan fingerprint density at radius 2 is 2.04 bits per heavy atom. The first-order valence-corrected chi connectivity index (χ1v) is 10.5. The molecule has 1 unspecified atom stereocenters. The summed E-state index contributed by atoms with van der Waals surface area (Å²) in [5.74, 6) is -0.158. The Kier molecular flexibility index (Phi) is 7.16. The van der Waals surface area contributed by atoms with E-state index < -0.39 is 10.0 Å². The maximum absolute atomic E-state index is 12.8. The first-order chi connectivity index (χ1) is 12.3. The van der Waals surface area contributed by atoms with E-state index in [-0.39, 0.29) is 23.5 Å². The van der Waals surface area contributed by atoms with Gasteiger partial charge in [-0.05, 0) is 31.5 Å². The van der Waals surface area contributed by atoms with Gasteiger partial charge in [-0.1, -0.05) is 19.9 Å². The molecule has 0 aromatic heterocycles. The lowest BCUT2D eigenvalue weighted by molar-refractivity contribution is -0.119. The molecule has 2 rings (SSSR count). The van der Waals surface area contributed by atoms with Crippen molar-refractivity contribution in [2.24, 2.45) is 0 Å². The number of aryl methyl sites for hydroxylation is 1. The number of nitrogens with zero attached hydrogens (tertiary/aromatic N) is 2. The molecule has 1 aliphatic rings. The van der Waals surface area contributed by atoms with Crippen molar-refractivity contribution in [2.45, 2.75) is 38.7 Å². The van der Waals surface area contributed by atoms with Crippen molar-refractivity contribution in [3.05, 3.63) is 23.8 Å². The largest absolute Gasteiger partial charge is 0.376 e. The van der Waals surface area contributed by atoms with Crippen molar-refractivity contribution in [3.8, 4) is 0 Å². The summed E-state index contributed by atoms with van der Waals surface area (Å²) in [6, 6.07) is 5.00. The summed E-state index contributed by atoms with van der Waals surface area (Å²) >= 11 is 0. The van der Waals surface area contributed by atoms with Crippen LogP contribution in [0.4, 0.5) is 5.69 Å². The molecule has 1 N–H and O–H groups in total. The molecule has 1 atom stereocenters. The van der Waals surface area contributed by atoms with Gasteiger partial charge < -0.3 is 10.1 Å². The van der Waals surface area contributed by atoms with Gasteiger partial charge in [0, 0.05) is 31.9 Å². The number of ether oxygens (including phenoxy) is 1. The maximum Gasteiger partial charge on any atom is 0.243 e. The third-order valence-corrected chi connectivity index (χ3v) is 6.68. The van der Waals surface area contributed by atoms with Crippen molar-refractivity contribution >= 4 is 21.6 Å². The summed E-state index contributed by atoms with van der Waals surface area (Å²) in [5, 5.41) is 2.81. The fourth-order valence-corrected chi connectivity index (χ4v) is 4.80. The number of sulfonamides is 1. The second kappa shape index (κ2) is 8.94. The predicted molar refractivity (Wildman–Crippen MR) is 102 cm³/mol. The lowest BCUT2D eigenvalue weighted by atomic mass is 10.2. The number of carbonyl (C=O) groups excluding carboxylic acids is 1. The van der Waals surface area contributed by atoms with Gasteiger partial charge in [-0.2, -0.15) is 4.31 Å². The van der Waals surface area contributed by atoms with Gasteiger partial charge in [0.1, 0.15) is 0 Å². The maximum atomic E-state index is 12.8. The van der Waals surface area contributed by atoms with Crippen LogP contribution in [0.5, 0.6) is 0 Å². The highest BCUT2D eigenvalue weighted by Crippen LogP contribution is 2.23. The number of carbonyl (C=O) groups is 1. The Morgan fingerprint density at radius 1 is 1.35 bits per heavy atom. The highest BCUT2D eigenvalue weighted by molar-refractivity contribution is 7.89. The van der Waals surface area contributed by atoms with Crippen molar-refractivity contribution in [2.75, 3.05) is 44.6 Å². The molecule has 7 nitrogen and oxygen atoms in total. The minimum Gasteiger partial charge on any atom is -0.376 e. The quantitative estimate of drug-likeness (QED) is 0.775. The lowest BCUT2D eigenvalue weighted by Gasteiger charge is -2.30. The number of hydrogen-bond acceptors (Lipinski definition) is 5. The zero-order chi connectivity index (χ0) is 19.3. The lowest BCUT2D eigenvalue weighted by Crippen LogP contribution is -2.44. The summed E-state index contributed by atoms with van der Waals surface area (Å²) in [6.07, 6.45) is 0.113. The highest BCUT2D eigenvalue weighted by Gasteiger charge is 2.24. The smallest absolute Gasteiger partial charge is 0.243 e. The fourth-order valence-electron chi connectivity index (χ4n) is 3.10. The molecule has 1 heterocycles. The minimum atomic E-state index is -3.57. The normalized spacial score (nSPS) is 18.9. The first-order valence-electron chi connectivity index (χ1n) is 9.02. The summed E-state index contributed by atoms with van der Waals surface area (Å²) < 4.78 is 32.5. The Bertz CT molecular complexity index is 732. The molecular weight excluding hydrogens is 354 g/mol. The molecule has 0 spiro atoms. The van der Waals surface area contributed by atoms with Crippen LogP contribution in [0.3, 0.4) is 0 Å². The van der Waals surface area contributed by atoms with Crippen LogP contribution in [0, 0.1) is 6.92 Å². The Hall–Kier alpha value is -1.48. The predicted octanol–water partition coefficient (Wildman–Crippen LogP) is 1.68. The summed E-state index contributed by atoms with van der Waals surface area (Å²) in [7, 11) is -3.57. The molecule has 146 valence electrons. The number of anilines is 1. The van der Waals surface area contributed by atoms with E-state index in [9.17, 15) is 13.2 Å².